The molecule has 7 nitrogen and oxygen atoms in total. The van der Waals surface area contributed by atoms with Crippen LogP contribution in [0.2, 0.25) is 0 Å². The van der Waals surface area contributed by atoms with Gasteiger partial charge in [0.15, 0.2) is 10.8 Å². The van der Waals surface area contributed by atoms with Crippen LogP contribution in [0, 0.1) is 6.92 Å². The SMILES string of the molecule is COc1cccc(CN(C)C(=O)CSc2nc3ccccc3c3nc(C)nn23)c1. The zero-order chi connectivity index (χ0) is 20.4. The van der Waals surface area contributed by atoms with Gasteiger partial charge in [0.25, 0.3) is 0 Å². The molecule has 0 radical (unpaired) electrons. The Labute approximate surface area is 172 Å². The Morgan fingerprint density at radius 2 is 2.00 bits per heavy atom. The number of amides is 1. The minimum absolute atomic E-state index is 0.0118. The number of fused-ring (bicyclic) bond motifs is 3. The van der Waals surface area contributed by atoms with Crippen LogP contribution >= 0.6 is 11.8 Å². The van der Waals surface area contributed by atoms with Crippen LogP contribution < -0.4 is 4.74 Å². The number of aryl methyl sites for hydroxylation is 1. The maximum atomic E-state index is 12.7. The number of methoxy groups -OCH3 is 1. The molecular formula is C21H21N5O2S. The van der Waals surface area contributed by atoms with Gasteiger partial charge in [0.05, 0.1) is 18.4 Å². The van der Waals surface area contributed by atoms with Crippen LogP contribution in [0.1, 0.15) is 11.4 Å². The van der Waals surface area contributed by atoms with E-state index in [4.69, 9.17) is 9.72 Å². The van der Waals surface area contributed by atoms with Crippen LogP contribution in [0.25, 0.3) is 16.6 Å². The first-order valence-corrected chi connectivity index (χ1v) is 10.2. The highest BCUT2D eigenvalue weighted by molar-refractivity contribution is 7.99. The van der Waals surface area contributed by atoms with Crippen LogP contribution in [-0.4, -0.2) is 50.3 Å². The van der Waals surface area contributed by atoms with Crippen molar-refractivity contribution in [1.82, 2.24) is 24.5 Å². The zero-order valence-electron chi connectivity index (χ0n) is 16.5. The van der Waals surface area contributed by atoms with E-state index in [2.05, 4.69) is 10.1 Å². The highest BCUT2D eigenvalue weighted by Crippen LogP contribution is 2.24. The zero-order valence-corrected chi connectivity index (χ0v) is 17.3. The summed E-state index contributed by atoms with van der Waals surface area (Å²) in [7, 11) is 3.43. The van der Waals surface area contributed by atoms with E-state index in [1.165, 1.54) is 11.8 Å². The Balaban J connectivity index is 1.51. The molecule has 2 aromatic heterocycles. The molecule has 2 aromatic carbocycles. The van der Waals surface area contributed by atoms with Gasteiger partial charge < -0.3 is 9.64 Å². The molecule has 0 saturated carbocycles. The number of nitrogens with zero attached hydrogens (tertiary/aromatic N) is 5. The van der Waals surface area contributed by atoms with Gasteiger partial charge in [-0.05, 0) is 36.8 Å². The summed E-state index contributed by atoms with van der Waals surface area (Å²) in [6, 6.07) is 15.5. The summed E-state index contributed by atoms with van der Waals surface area (Å²) in [5, 5.41) is 6.05. The lowest BCUT2D eigenvalue weighted by atomic mass is 10.2. The Morgan fingerprint density at radius 1 is 1.17 bits per heavy atom. The van der Waals surface area contributed by atoms with Crippen molar-refractivity contribution in [3.05, 3.63) is 59.9 Å². The minimum atomic E-state index is 0.0118. The van der Waals surface area contributed by atoms with E-state index in [-0.39, 0.29) is 11.7 Å². The summed E-state index contributed by atoms with van der Waals surface area (Å²) in [6.07, 6.45) is 0. The molecule has 4 aromatic rings. The Kier molecular flexibility index (Phi) is 5.35. The number of hydrogen-bond donors (Lipinski definition) is 0. The van der Waals surface area contributed by atoms with Crippen molar-refractivity contribution in [3.8, 4) is 5.75 Å². The summed E-state index contributed by atoms with van der Waals surface area (Å²) in [5.41, 5.74) is 2.61. The lowest BCUT2D eigenvalue weighted by Gasteiger charge is -2.17. The molecule has 0 N–H and O–H groups in total. The largest absolute Gasteiger partial charge is 0.497 e. The van der Waals surface area contributed by atoms with Crippen LogP contribution in [0.3, 0.4) is 0 Å². The smallest absolute Gasteiger partial charge is 0.233 e. The van der Waals surface area contributed by atoms with Crippen LogP contribution in [0.15, 0.2) is 53.7 Å². The number of hydrogen-bond acceptors (Lipinski definition) is 6. The molecule has 0 unspecified atom stereocenters. The number of para-hydroxylation sites is 1. The molecule has 0 aliphatic rings. The summed E-state index contributed by atoms with van der Waals surface area (Å²) in [4.78, 5) is 23.6. The van der Waals surface area contributed by atoms with Gasteiger partial charge in [0.1, 0.15) is 11.6 Å². The fourth-order valence-electron chi connectivity index (χ4n) is 3.10. The Hall–Kier alpha value is -3.13. The average molecular weight is 407 g/mol. The standard InChI is InChI=1S/C21H21N5O2S/c1-14-22-20-17-9-4-5-10-18(17)23-21(26(20)24-14)29-13-19(27)25(2)12-15-7-6-8-16(11-15)28-3/h4-11H,12-13H2,1-3H3. The first kappa shape index (κ1) is 19.2. The molecule has 0 fully saturated rings. The van der Waals surface area contributed by atoms with Crippen molar-refractivity contribution in [2.24, 2.45) is 0 Å². The number of rotatable bonds is 6. The van der Waals surface area contributed by atoms with Gasteiger partial charge in [-0.25, -0.2) is 9.97 Å². The fraction of sp³-hybridized carbons (Fsp3) is 0.238. The van der Waals surface area contributed by atoms with Crippen molar-refractivity contribution in [3.63, 3.8) is 0 Å². The summed E-state index contributed by atoms with van der Waals surface area (Å²) in [6.45, 7) is 2.36. The van der Waals surface area contributed by atoms with E-state index < -0.39 is 0 Å². The number of carbonyl (C=O) groups excluding carboxylic acids is 1. The molecule has 2 heterocycles. The van der Waals surface area contributed by atoms with E-state index in [1.54, 1.807) is 23.6 Å². The summed E-state index contributed by atoms with van der Waals surface area (Å²) >= 11 is 1.37. The molecule has 1 amide bonds. The lowest BCUT2D eigenvalue weighted by molar-refractivity contribution is -0.127. The summed E-state index contributed by atoms with van der Waals surface area (Å²) in [5.74, 6) is 1.73. The molecule has 0 spiro atoms. The first-order chi connectivity index (χ1) is 14.0. The van der Waals surface area contributed by atoms with Gasteiger partial charge in [-0.3, -0.25) is 4.79 Å². The van der Waals surface area contributed by atoms with Gasteiger partial charge in [-0.1, -0.05) is 36.0 Å². The van der Waals surface area contributed by atoms with Gasteiger partial charge in [-0.2, -0.15) is 4.52 Å². The molecule has 0 bridgehead atoms. The molecule has 4 rings (SSSR count). The predicted octanol–water partition coefficient (Wildman–Crippen LogP) is 3.35. The Bertz CT molecular complexity index is 1190. The number of aromatic nitrogens is 4. The maximum absolute atomic E-state index is 12.7. The van der Waals surface area contributed by atoms with Crippen molar-refractivity contribution >= 4 is 34.2 Å². The normalized spacial score (nSPS) is 11.1. The quantitative estimate of drug-likeness (QED) is 0.361. The van der Waals surface area contributed by atoms with Crippen LogP contribution in [0.5, 0.6) is 5.75 Å². The highest BCUT2D eigenvalue weighted by Gasteiger charge is 2.16. The van der Waals surface area contributed by atoms with Gasteiger partial charge in [-0.15, -0.1) is 5.10 Å². The Morgan fingerprint density at radius 3 is 2.83 bits per heavy atom. The third-order valence-corrected chi connectivity index (χ3v) is 5.47. The second-order valence-corrected chi connectivity index (χ2v) is 7.64. The molecule has 0 aliphatic heterocycles. The van der Waals surface area contributed by atoms with Crippen molar-refractivity contribution < 1.29 is 9.53 Å². The molecule has 0 aliphatic carbocycles. The van der Waals surface area contributed by atoms with E-state index in [0.717, 1.165) is 27.9 Å². The maximum Gasteiger partial charge on any atom is 0.233 e. The van der Waals surface area contributed by atoms with E-state index >= 15 is 0 Å². The van der Waals surface area contributed by atoms with Gasteiger partial charge >= 0.3 is 0 Å². The van der Waals surface area contributed by atoms with Gasteiger partial charge in [0, 0.05) is 19.0 Å². The average Bonchev–Trinajstić information content (AvgIpc) is 3.13. The van der Waals surface area contributed by atoms with E-state index in [0.29, 0.717) is 17.5 Å². The van der Waals surface area contributed by atoms with E-state index in [9.17, 15) is 4.79 Å². The molecule has 29 heavy (non-hydrogen) atoms. The monoisotopic (exact) mass is 407 g/mol. The molecular weight excluding hydrogens is 386 g/mol. The first-order valence-electron chi connectivity index (χ1n) is 9.17. The third-order valence-electron chi connectivity index (χ3n) is 4.56. The number of ether oxygens (including phenoxy) is 1. The summed E-state index contributed by atoms with van der Waals surface area (Å²) < 4.78 is 6.97. The predicted molar refractivity (Wildman–Crippen MR) is 113 cm³/mol. The molecule has 0 saturated heterocycles. The fourth-order valence-corrected chi connectivity index (χ4v) is 3.98. The topological polar surface area (TPSA) is 72.6 Å². The minimum Gasteiger partial charge on any atom is -0.497 e. The number of benzene rings is 2. The van der Waals surface area contributed by atoms with Crippen molar-refractivity contribution in [2.45, 2.75) is 18.6 Å². The highest BCUT2D eigenvalue weighted by atomic mass is 32.2. The second kappa shape index (κ2) is 8.08. The second-order valence-electron chi connectivity index (χ2n) is 6.70. The molecule has 0 atom stereocenters. The van der Waals surface area contributed by atoms with Crippen LogP contribution in [-0.2, 0) is 11.3 Å². The number of carbonyl (C=O) groups is 1. The van der Waals surface area contributed by atoms with Gasteiger partial charge in [0.2, 0.25) is 5.91 Å². The lowest BCUT2D eigenvalue weighted by Crippen LogP contribution is -2.28. The molecule has 8 heteroatoms. The van der Waals surface area contributed by atoms with Crippen molar-refractivity contribution in [1.29, 1.82) is 0 Å². The molecule has 148 valence electrons. The van der Waals surface area contributed by atoms with E-state index in [1.807, 2.05) is 55.5 Å². The van der Waals surface area contributed by atoms with Crippen LogP contribution in [0.4, 0.5) is 0 Å². The number of thioether (sulfide) groups is 1. The van der Waals surface area contributed by atoms with Crippen molar-refractivity contribution in [2.75, 3.05) is 19.9 Å². The third kappa shape index (κ3) is 4.02.